The van der Waals surface area contributed by atoms with Crippen LogP contribution in [0.4, 0.5) is 0 Å². The van der Waals surface area contributed by atoms with Gasteiger partial charge in [0.2, 0.25) is 5.91 Å². The van der Waals surface area contributed by atoms with Crippen molar-refractivity contribution < 1.29 is 19.1 Å². The summed E-state index contributed by atoms with van der Waals surface area (Å²) in [7, 11) is 1.49. The summed E-state index contributed by atoms with van der Waals surface area (Å²) in [5, 5.41) is 10.9. The fourth-order valence-electron chi connectivity index (χ4n) is 1.57. The number of hydrogen-bond donors (Lipinski definition) is 1. The maximum Gasteiger partial charge on any atom is 0.311 e. The molecule has 7 nitrogen and oxygen atoms in total. The monoisotopic (exact) mass is 321 g/mol. The Hall–Kier alpha value is -2.35. The van der Waals surface area contributed by atoms with Gasteiger partial charge in [-0.15, -0.1) is 5.10 Å². The molecule has 1 N–H and O–H groups in total. The molecule has 1 aromatic carbocycles. The molecule has 0 unspecified atom stereocenters. The lowest BCUT2D eigenvalue weighted by Gasteiger charge is -2.08. The summed E-state index contributed by atoms with van der Waals surface area (Å²) in [5.74, 6) is 0.737. The smallest absolute Gasteiger partial charge is 0.311 e. The molecular formula is C14H15N3O4S. The van der Waals surface area contributed by atoms with Gasteiger partial charge in [0, 0.05) is 6.42 Å². The minimum Gasteiger partial charge on any atom is -0.493 e. The Bertz CT molecular complexity index is 643. The van der Waals surface area contributed by atoms with E-state index in [2.05, 4.69) is 15.5 Å². The number of amidine groups is 1. The second kappa shape index (κ2) is 7.60. The van der Waals surface area contributed by atoms with E-state index in [1.165, 1.54) is 25.1 Å². The average Bonchev–Trinajstić information content (AvgIpc) is 2.93. The maximum atomic E-state index is 11.3. The minimum atomic E-state index is -0.333. The van der Waals surface area contributed by atoms with Gasteiger partial charge in [0.1, 0.15) is 0 Å². The van der Waals surface area contributed by atoms with Crippen LogP contribution in [0, 0.1) is 0 Å². The molecule has 1 aromatic rings. The first-order valence-corrected chi connectivity index (χ1v) is 7.53. The summed E-state index contributed by atoms with van der Waals surface area (Å²) >= 11 is 1.30. The summed E-state index contributed by atoms with van der Waals surface area (Å²) in [5.41, 5.74) is 0.729. The van der Waals surface area contributed by atoms with E-state index in [0.717, 1.165) is 5.56 Å². The van der Waals surface area contributed by atoms with E-state index in [1.54, 1.807) is 25.1 Å². The third-order valence-electron chi connectivity index (χ3n) is 2.64. The van der Waals surface area contributed by atoms with Gasteiger partial charge in [-0.05, 0) is 23.8 Å². The van der Waals surface area contributed by atoms with Crippen molar-refractivity contribution >= 4 is 35.0 Å². The molecular weight excluding hydrogens is 306 g/mol. The highest BCUT2D eigenvalue weighted by Crippen LogP contribution is 2.27. The van der Waals surface area contributed by atoms with Crippen LogP contribution in [0.5, 0.6) is 11.5 Å². The highest BCUT2D eigenvalue weighted by molar-refractivity contribution is 8.15. The van der Waals surface area contributed by atoms with Gasteiger partial charge in [-0.1, -0.05) is 18.7 Å². The molecule has 8 heteroatoms. The van der Waals surface area contributed by atoms with Crippen LogP contribution in [0.3, 0.4) is 0 Å². The van der Waals surface area contributed by atoms with Crippen LogP contribution < -0.4 is 14.8 Å². The predicted molar refractivity (Wildman–Crippen MR) is 84.5 cm³/mol. The molecule has 1 amide bonds. The molecule has 1 heterocycles. The quantitative estimate of drug-likeness (QED) is 0.385. The van der Waals surface area contributed by atoms with Crippen LogP contribution in [0.1, 0.15) is 18.9 Å². The van der Waals surface area contributed by atoms with Crippen molar-refractivity contribution in [2.45, 2.75) is 13.3 Å². The molecule has 1 aliphatic rings. The summed E-state index contributed by atoms with van der Waals surface area (Å²) in [4.78, 5) is 22.3. The van der Waals surface area contributed by atoms with Gasteiger partial charge < -0.3 is 14.8 Å². The van der Waals surface area contributed by atoms with E-state index < -0.39 is 0 Å². The number of ether oxygens (including phenoxy) is 2. The number of nitrogens with zero attached hydrogens (tertiary/aromatic N) is 2. The highest BCUT2D eigenvalue weighted by atomic mass is 32.2. The zero-order chi connectivity index (χ0) is 15.9. The Morgan fingerprint density at radius 1 is 1.45 bits per heavy atom. The number of esters is 1. The van der Waals surface area contributed by atoms with E-state index in [9.17, 15) is 9.59 Å². The zero-order valence-electron chi connectivity index (χ0n) is 12.2. The molecule has 1 saturated heterocycles. The third kappa shape index (κ3) is 4.32. The van der Waals surface area contributed by atoms with Crippen LogP contribution in [0.25, 0.3) is 0 Å². The summed E-state index contributed by atoms with van der Waals surface area (Å²) in [6, 6.07) is 5.04. The Kier molecular flexibility index (Phi) is 5.54. The molecule has 2 rings (SSSR count). The van der Waals surface area contributed by atoms with Gasteiger partial charge in [0.15, 0.2) is 16.7 Å². The van der Waals surface area contributed by atoms with Gasteiger partial charge >= 0.3 is 5.97 Å². The standard InChI is InChI=1S/C14H15N3O4S/c1-3-13(19)21-10-5-4-9(6-11(10)20-2)7-15-17-14-16-12(18)8-22-14/h4-7H,3,8H2,1-2H3,(H,16,17,18). The normalized spacial score (nSPS) is 16.1. The van der Waals surface area contributed by atoms with Crippen molar-refractivity contribution in [1.82, 2.24) is 5.32 Å². The van der Waals surface area contributed by atoms with Gasteiger partial charge in [0.25, 0.3) is 0 Å². The number of thioether (sulfide) groups is 1. The second-order valence-electron chi connectivity index (χ2n) is 4.22. The molecule has 0 saturated carbocycles. The van der Waals surface area contributed by atoms with Crippen LogP contribution in [0.15, 0.2) is 28.4 Å². The summed E-state index contributed by atoms with van der Waals surface area (Å²) in [6.45, 7) is 1.72. The fourth-order valence-corrected chi connectivity index (χ4v) is 2.20. The molecule has 0 atom stereocenters. The van der Waals surface area contributed by atoms with Crippen molar-refractivity contribution in [2.24, 2.45) is 10.2 Å². The average molecular weight is 321 g/mol. The van der Waals surface area contributed by atoms with Crippen molar-refractivity contribution in [3.05, 3.63) is 23.8 Å². The second-order valence-corrected chi connectivity index (χ2v) is 5.19. The maximum absolute atomic E-state index is 11.3. The van der Waals surface area contributed by atoms with Crippen LogP contribution in [-0.2, 0) is 9.59 Å². The number of benzene rings is 1. The Balaban J connectivity index is 2.09. The van der Waals surface area contributed by atoms with E-state index in [4.69, 9.17) is 9.47 Å². The highest BCUT2D eigenvalue weighted by Gasteiger charge is 2.16. The number of rotatable bonds is 5. The van der Waals surface area contributed by atoms with Crippen molar-refractivity contribution in [3.63, 3.8) is 0 Å². The third-order valence-corrected chi connectivity index (χ3v) is 3.51. The number of nitrogens with one attached hydrogen (secondary N) is 1. The lowest BCUT2D eigenvalue weighted by molar-refractivity contribution is -0.134. The first kappa shape index (κ1) is 16.0. The van der Waals surface area contributed by atoms with E-state index >= 15 is 0 Å². The molecule has 0 radical (unpaired) electrons. The molecule has 0 aliphatic carbocycles. The lowest BCUT2D eigenvalue weighted by Crippen LogP contribution is -2.19. The molecule has 1 aliphatic heterocycles. The number of amides is 1. The van der Waals surface area contributed by atoms with Crippen molar-refractivity contribution in [2.75, 3.05) is 12.9 Å². The van der Waals surface area contributed by atoms with Crippen molar-refractivity contribution in [3.8, 4) is 11.5 Å². The van der Waals surface area contributed by atoms with Crippen molar-refractivity contribution in [1.29, 1.82) is 0 Å². The fraction of sp³-hybridized carbons (Fsp3) is 0.286. The molecule has 1 fully saturated rings. The molecule has 0 aromatic heterocycles. The lowest BCUT2D eigenvalue weighted by atomic mass is 10.2. The molecule has 22 heavy (non-hydrogen) atoms. The molecule has 116 valence electrons. The molecule has 0 spiro atoms. The number of carbonyl (C=O) groups is 2. The van der Waals surface area contributed by atoms with Crippen LogP contribution in [0.2, 0.25) is 0 Å². The van der Waals surface area contributed by atoms with Gasteiger partial charge in [-0.3, -0.25) is 9.59 Å². The van der Waals surface area contributed by atoms with Crippen LogP contribution in [-0.4, -0.2) is 36.1 Å². The number of methoxy groups -OCH3 is 1. The zero-order valence-corrected chi connectivity index (χ0v) is 13.0. The minimum absolute atomic E-state index is 0.0808. The first-order chi connectivity index (χ1) is 10.6. The number of hydrogen-bond acceptors (Lipinski definition) is 7. The van der Waals surface area contributed by atoms with E-state index in [-0.39, 0.29) is 18.3 Å². The Morgan fingerprint density at radius 3 is 2.91 bits per heavy atom. The summed E-state index contributed by atoms with van der Waals surface area (Å²) < 4.78 is 10.3. The van der Waals surface area contributed by atoms with Gasteiger partial charge in [-0.25, -0.2) is 0 Å². The summed E-state index contributed by atoms with van der Waals surface area (Å²) in [6.07, 6.45) is 1.80. The Morgan fingerprint density at radius 2 is 2.27 bits per heavy atom. The first-order valence-electron chi connectivity index (χ1n) is 6.54. The molecule has 0 bridgehead atoms. The van der Waals surface area contributed by atoms with E-state index in [1.807, 2.05) is 0 Å². The van der Waals surface area contributed by atoms with E-state index in [0.29, 0.717) is 22.4 Å². The van der Waals surface area contributed by atoms with Crippen LogP contribution >= 0.6 is 11.8 Å². The SMILES string of the molecule is CCC(=O)Oc1ccc(C=NN=C2NC(=O)CS2)cc1OC. The number of carbonyl (C=O) groups excluding carboxylic acids is 2. The van der Waals surface area contributed by atoms with Gasteiger partial charge in [-0.2, -0.15) is 5.10 Å². The topological polar surface area (TPSA) is 89.4 Å². The Labute approximate surface area is 131 Å². The largest absolute Gasteiger partial charge is 0.493 e. The van der Waals surface area contributed by atoms with Gasteiger partial charge in [0.05, 0.1) is 19.1 Å². The predicted octanol–water partition coefficient (Wildman–Crippen LogP) is 1.56.